The fourth-order valence-corrected chi connectivity index (χ4v) is 7.62. The topological polar surface area (TPSA) is 158 Å². The Morgan fingerprint density at radius 1 is 0.968 bits per heavy atom. The summed E-state index contributed by atoms with van der Waals surface area (Å²) in [6.45, 7) is 7.89. The standard InChI is InChI=1S/C44H42ClF4N5O7S/c1-6-57-41(56)33(60-39-36-35(30-12-13-31(50)37(45)24(30)2)38(62-40(36)53-23-52-39)26-8-10-28(46)11-9-26)21-27-19-25(20-34(55)61-43(3,4)5)7-14-32(27)59-22-29-15-17-51-42(54-29)58-18-16-44(47,48)49/h7-15,17,19,23,33H,6,16,18,20-22,50H2,1-5H3. The van der Waals surface area contributed by atoms with Gasteiger partial charge in [-0.05, 0) is 92.8 Å². The van der Waals surface area contributed by atoms with Gasteiger partial charge in [0.25, 0.3) is 0 Å². The Balaban J connectivity index is 1.40. The molecule has 0 spiro atoms. The Morgan fingerprint density at radius 2 is 1.73 bits per heavy atom. The van der Waals surface area contributed by atoms with E-state index in [0.29, 0.717) is 59.2 Å². The first-order valence-corrected chi connectivity index (χ1v) is 20.5. The van der Waals surface area contributed by atoms with Crippen LogP contribution in [0.1, 0.15) is 56.5 Å². The fourth-order valence-electron chi connectivity index (χ4n) is 6.30. The lowest BCUT2D eigenvalue weighted by Crippen LogP contribution is -2.32. The molecule has 1 unspecified atom stereocenters. The van der Waals surface area contributed by atoms with Crippen molar-refractivity contribution in [3.63, 3.8) is 0 Å². The van der Waals surface area contributed by atoms with E-state index in [1.54, 1.807) is 70.2 Å². The Hall–Kier alpha value is -6.07. The fraction of sp³-hybridized carbons (Fsp3) is 0.318. The number of nitrogens with zero attached hydrogens (tertiary/aromatic N) is 4. The monoisotopic (exact) mass is 895 g/mol. The molecule has 0 radical (unpaired) electrons. The first-order valence-electron chi connectivity index (χ1n) is 19.3. The molecule has 1 atom stereocenters. The molecule has 3 heterocycles. The van der Waals surface area contributed by atoms with Crippen molar-refractivity contribution in [2.75, 3.05) is 18.9 Å². The molecule has 0 saturated carbocycles. The summed E-state index contributed by atoms with van der Waals surface area (Å²) in [4.78, 5) is 45.1. The van der Waals surface area contributed by atoms with Crippen molar-refractivity contribution in [1.29, 1.82) is 0 Å². The lowest BCUT2D eigenvalue weighted by Gasteiger charge is -2.21. The van der Waals surface area contributed by atoms with Crippen LogP contribution in [0.2, 0.25) is 5.02 Å². The van der Waals surface area contributed by atoms with Gasteiger partial charge in [0.2, 0.25) is 12.0 Å². The lowest BCUT2D eigenvalue weighted by atomic mass is 9.95. The number of carbonyl (C=O) groups excluding carboxylic acids is 2. The van der Waals surface area contributed by atoms with Crippen molar-refractivity contribution >= 4 is 50.8 Å². The number of ether oxygens (including phenoxy) is 5. The number of halogens is 5. The number of fused-ring (bicyclic) bond motifs is 1. The van der Waals surface area contributed by atoms with Crippen LogP contribution in [-0.4, -0.2) is 63.0 Å². The zero-order chi connectivity index (χ0) is 44.8. The molecular formula is C44H42ClF4N5O7S. The highest BCUT2D eigenvalue weighted by Crippen LogP contribution is 2.49. The van der Waals surface area contributed by atoms with Gasteiger partial charge in [0.15, 0.2) is 0 Å². The molecule has 0 amide bonds. The Bertz CT molecular complexity index is 2570. The number of alkyl halides is 3. The van der Waals surface area contributed by atoms with Crippen LogP contribution < -0.4 is 19.9 Å². The van der Waals surface area contributed by atoms with Crippen LogP contribution in [0.15, 0.2) is 73.2 Å². The molecule has 2 N–H and O–H groups in total. The predicted molar refractivity (Wildman–Crippen MR) is 226 cm³/mol. The number of aromatic nitrogens is 4. The summed E-state index contributed by atoms with van der Waals surface area (Å²) in [7, 11) is 0. The summed E-state index contributed by atoms with van der Waals surface area (Å²) in [5.41, 5.74) is 9.65. The van der Waals surface area contributed by atoms with Crippen LogP contribution in [0.3, 0.4) is 0 Å². The van der Waals surface area contributed by atoms with Crippen LogP contribution in [-0.2, 0) is 38.5 Å². The van der Waals surface area contributed by atoms with E-state index in [4.69, 9.17) is 41.0 Å². The number of carbonyl (C=O) groups is 2. The zero-order valence-corrected chi connectivity index (χ0v) is 35.8. The molecular weight excluding hydrogens is 854 g/mol. The second kappa shape index (κ2) is 19.3. The number of esters is 2. The van der Waals surface area contributed by atoms with Crippen LogP contribution in [0.25, 0.3) is 31.8 Å². The molecule has 0 aliphatic heterocycles. The second-order valence-electron chi connectivity index (χ2n) is 14.9. The largest absolute Gasteiger partial charge is 0.487 e. The molecule has 18 heteroatoms. The van der Waals surface area contributed by atoms with Gasteiger partial charge in [-0.15, -0.1) is 11.3 Å². The van der Waals surface area contributed by atoms with Gasteiger partial charge < -0.3 is 29.4 Å². The number of nitrogen functional groups attached to an aromatic ring is 1. The summed E-state index contributed by atoms with van der Waals surface area (Å²) in [5, 5.41) is 0.781. The molecule has 12 nitrogen and oxygen atoms in total. The quantitative estimate of drug-likeness (QED) is 0.0558. The molecule has 0 aliphatic carbocycles. The zero-order valence-electron chi connectivity index (χ0n) is 34.3. The van der Waals surface area contributed by atoms with Gasteiger partial charge in [-0.3, -0.25) is 4.79 Å². The maximum Gasteiger partial charge on any atom is 0.392 e. The minimum absolute atomic E-state index is 0.0164. The van der Waals surface area contributed by atoms with Crippen molar-refractivity contribution in [3.8, 4) is 39.2 Å². The smallest absolute Gasteiger partial charge is 0.392 e. The van der Waals surface area contributed by atoms with E-state index in [0.717, 1.165) is 0 Å². The molecule has 0 bridgehead atoms. The number of rotatable bonds is 16. The van der Waals surface area contributed by atoms with E-state index >= 15 is 0 Å². The Labute approximate surface area is 363 Å². The number of hydrogen-bond acceptors (Lipinski definition) is 13. The summed E-state index contributed by atoms with van der Waals surface area (Å²) >= 11 is 7.98. The number of benzene rings is 3. The summed E-state index contributed by atoms with van der Waals surface area (Å²) < 4.78 is 81.2. The third-order valence-electron chi connectivity index (χ3n) is 9.03. The SMILES string of the molecule is CCOC(=O)C(Cc1cc(CC(=O)OC(C)(C)C)ccc1OCc1ccnc(OCCC(F)(F)F)n1)Oc1ncnc2sc(-c3ccc(F)cc3)c(-c3ccc(N)c(Cl)c3C)c12. The van der Waals surface area contributed by atoms with Crippen molar-refractivity contribution in [2.24, 2.45) is 0 Å². The molecule has 3 aromatic heterocycles. The van der Waals surface area contributed by atoms with E-state index in [9.17, 15) is 27.2 Å². The van der Waals surface area contributed by atoms with E-state index < -0.39 is 48.7 Å². The van der Waals surface area contributed by atoms with Gasteiger partial charge in [0, 0.05) is 23.1 Å². The van der Waals surface area contributed by atoms with Crippen LogP contribution in [0, 0.1) is 12.7 Å². The molecule has 0 fully saturated rings. The van der Waals surface area contributed by atoms with Gasteiger partial charge >= 0.3 is 24.1 Å². The summed E-state index contributed by atoms with van der Waals surface area (Å²) in [6, 6.07) is 15.7. The Morgan fingerprint density at radius 3 is 2.44 bits per heavy atom. The molecule has 6 rings (SSSR count). The summed E-state index contributed by atoms with van der Waals surface area (Å²) in [5.74, 6) is -1.34. The number of hydrogen-bond donors (Lipinski definition) is 1. The van der Waals surface area contributed by atoms with Crippen molar-refractivity contribution in [3.05, 3.63) is 106 Å². The van der Waals surface area contributed by atoms with Gasteiger partial charge in [-0.1, -0.05) is 41.9 Å². The van der Waals surface area contributed by atoms with Crippen molar-refractivity contribution < 1.29 is 50.8 Å². The third-order valence-corrected chi connectivity index (χ3v) is 10.7. The van der Waals surface area contributed by atoms with Crippen molar-refractivity contribution in [1.82, 2.24) is 19.9 Å². The van der Waals surface area contributed by atoms with Gasteiger partial charge in [-0.2, -0.15) is 18.2 Å². The van der Waals surface area contributed by atoms with Gasteiger partial charge in [-0.25, -0.2) is 24.1 Å². The average Bonchev–Trinajstić information content (AvgIpc) is 3.59. The van der Waals surface area contributed by atoms with Gasteiger partial charge in [0.1, 0.15) is 41.5 Å². The highest BCUT2D eigenvalue weighted by atomic mass is 35.5. The molecule has 326 valence electrons. The van der Waals surface area contributed by atoms with E-state index in [1.807, 2.05) is 6.92 Å². The lowest BCUT2D eigenvalue weighted by molar-refractivity contribution is -0.154. The molecule has 62 heavy (non-hydrogen) atoms. The van der Waals surface area contributed by atoms with Crippen LogP contribution in [0.5, 0.6) is 17.6 Å². The van der Waals surface area contributed by atoms with E-state index in [-0.39, 0.29) is 49.4 Å². The number of nitrogens with two attached hydrogens (primary N) is 1. The number of thiophene rings is 1. The third kappa shape index (κ3) is 11.6. The normalized spacial score (nSPS) is 12.2. The summed E-state index contributed by atoms with van der Waals surface area (Å²) in [6.07, 6.45) is -4.59. The van der Waals surface area contributed by atoms with Crippen LogP contribution in [0.4, 0.5) is 23.2 Å². The van der Waals surface area contributed by atoms with Gasteiger partial charge in [0.05, 0.1) is 41.2 Å². The highest BCUT2D eigenvalue weighted by Gasteiger charge is 2.30. The minimum atomic E-state index is -4.42. The average molecular weight is 896 g/mol. The molecule has 3 aromatic carbocycles. The predicted octanol–water partition coefficient (Wildman–Crippen LogP) is 9.85. The molecule has 0 aliphatic rings. The first kappa shape index (κ1) is 45.5. The maximum atomic E-state index is 14.1. The molecule has 0 saturated heterocycles. The Kier molecular flexibility index (Phi) is 14.2. The highest BCUT2D eigenvalue weighted by molar-refractivity contribution is 7.22. The van der Waals surface area contributed by atoms with E-state index in [1.165, 1.54) is 42.1 Å². The van der Waals surface area contributed by atoms with E-state index in [2.05, 4.69) is 19.9 Å². The van der Waals surface area contributed by atoms with Crippen molar-refractivity contribution in [2.45, 2.75) is 78.4 Å². The molecule has 6 aromatic rings. The maximum absolute atomic E-state index is 14.1. The first-order chi connectivity index (χ1) is 29.4. The van der Waals surface area contributed by atoms with Crippen LogP contribution >= 0.6 is 22.9 Å². The number of anilines is 1. The second-order valence-corrected chi connectivity index (χ2v) is 16.3. The minimum Gasteiger partial charge on any atom is -0.487 e.